The maximum absolute atomic E-state index is 10.2. The van der Waals surface area contributed by atoms with Crippen molar-refractivity contribution in [3.8, 4) is 11.1 Å². The molecule has 0 aliphatic carbocycles. The molecule has 1 atom stereocenters. The molecule has 2 heterocycles. The normalized spacial score (nSPS) is 17.3. The number of nitrogens with two attached hydrogens (primary N) is 1. The molecule has 0 spiro atoms. The number of hydrogen-bond acceptors (Lipinski definition) is 5. The van der Waals surface area contributed by atoms with E-state index in [2.05, 4.69) is 22.3 Å². The van der Waals surface area contributed by atoms with Gasteiger partial charge in [-0.15, -0.1) is 0 Å². The molecule has 1 unspecified atom stereocenters. The Morgan fingerprint density at radius 2 is 2.00 bits per heavy atom. The second kappa shape index (κ2) is 5.33. The Morgan fingerprint density at radius 1 is 1.22 bits per heavy atom. The summed E-state index contributed by atoms with van der Waals surface area (Å²) in [4.78, 5) is 0. The molecule has 1 aromatic heterocycles. The lowest BCUT2D eigenvalue weighted by molar-refractivity contribution is 0.183. The van der Waals surface area contributed by atoms with Crippen LogP contribution in [-0.4, -0.2) is 28.4 Å². The third kappa shape index (κ3) is 2.46. The van der Waals surface area contributed by atoms with Gasteiger partial charge in [-0.3, -0.25) is 0 Å². The number of aromatic nitrogens is 2. The van der Waals surface area contributed by atoms with Crippen LogP contribution in [0.5, 0.6) is 0 Å². The van der Waals surface area contributed by atoms with Gasteiger partial charge in [0.15, 0.2) is 0 Å². The van der Waals surface area contributed by atoms with Gasteiger partial charge in [0.05, 0.1) is 17.4 Å². The molecule has 6 heteroatoms. The van der Waals surface area contributed by atoms with Crippen molar-refractivity contribution in [2.24, 2.45) is 0 Å². The zero-order valence-electron chi connectivity index (χ0n) is 12.7. The summed E-state index contributed by atoms with van der Waals surface area (Å²) < 4.78 is 5.51. The van der Waals surface area contributed by atoms with E-state index in [1.807, 2.05) is 31.2 Å². The van der Waals surface area contributed by atoms with Gasteiger partial charge in [0, 0.05) is 11.5 Å². The lowest BCUT2D eigenvalue weighted by atomic mass is 9.71. The Morgan fingerprint density at radius 3 is 2.87 bits per heavy atom. The molecule has 0 amide bonds. The monoisotopic (exact) mass is 305 g/mol. The van der Waals surface area contributed by atoms with Crippen molar-refractivity contribution >= 4 is 29.2 Å². The maximum Gasteiger partial charge on any atom is 0.491 e. The van der Waals surface area contributed by atoms with Crippen LogP contribution in [0.1, 0.15) is 12.5 Å². The van der Waals surface area contributed by atoms with Crippen molar-refractivity contribution in [2.75, 3.05) is 5.73 Å². The Balaban J connectivity index is 1.81. The first kappa shape index (κ1) is 14.2. The molecule has 5 nitrogen and oxygen atoms in total. The fourth-order valence-electron chi connectivity index (χ4n) is 3.10. The SMILES string of the molecule is CC1Cc2ccc(-c3ccc4c(N)cnnc4c3)cc2B(O)O1. The van der Waals surface area contributed by atoms with Crippen molar-refractivity contribution < 1.29 is 9.68 Å². The summed E-state index contributed by atoms with van der Waals surface area (Å²) in [7, 11) is -0.871. The Bertz CT molecular complexity index is 900. The number of anilines is 1. The highest BCUT2D eigenvalue weighted by molar-refractivity contribution is 6.61. The molecular weight excluding hydrogens is 289 g/mol. The molecule has 114 valence electrons. The van der Waals surface area contributed by atoms with E-state index >= 15 is 0 Å². The van der Waals surface area contributed by atoms with E-state index < -0.39 is 7.12 Å². The minimum absolute atomic E-state index is 0.0299. The smallest absolute Gasteiger partial charge is 0.423 e. The first-order chi connectivity index (χ1) is 11.1. The molecule has 0 radical (unpaired) electrons. The summed E-state index contributed by atoms with van der Waals surface area (Å²) in [5, 5.41) is 19.1. The van der Waals surface area contributed by atoms with Crippen molar-refractivity contribution in [3.63, 3.8) is 0 Å². The van der Waals surface area contributed by atoms with E-state index in [1.54, 1.807) is 6.20 Å². The minimum atomic E-state index is -0.871. The zero-order valence-corrected chi connectivity index (χ0v) is 12.7. The fourth-order valence-corrected chi connectivity index (χ4v) is 3.10. The fraction of sp³-hybridized carbons (Fsp3) is 0.176. The highest BCUT2D eigenvalue weighted by Gasteiger charge is 2.28. The number of nitrogen functional groups attached to an aromatic ring is 1. The summed E-state index contributed by atoms with van der Waals surface area (Å²) in [6.07, 6.45) is 2.39. The van der Waals surface area contributed by atoms with Gasteiger partial charge in [0.2, 0.25) is 0 Å². The van der Waals surface area contributed by atoms with E-state index in [-0.39, 0.29) is 6.10 Å². The van der Waals surface area contributed by atoms with Gasteiger partial charge in [-0.1, -0.05) is 24.3 Å². The zero-order chi connectivity index (χ0) is 16.0. The van der Waals surface area contributed by atoms with Gasteiger partial charge < -0.3 is 15.4 Å². The van der Waals surface area contributed by atoms with Gasteiger partial charge in [-0.05, 0) is 47.6 Å². The van der Waals surface area contributed by atoms with Crippen LogP contribution in [-0.2, 0) is 11.1 Å². The van der Waals surface area contributed by atoms with Crippen LogP contribution in [0.4, 0.5) is 5.69 Å². The van der Waals surface area contributed by atoms with Crippen LogP contribution in [0.3, 0.4) is 0 Å². The van der Waals surface area contributed by atoms with E-state index in [0.29, 0.717) is 5.69 Å². The van der Waals surface area contributed by atoms with Gasteiger partial charge in [0.1, 0.15) is 0 Å². The average Bonchev–Trinajstić information content (AvgIpc) is 2.54. The van der Waals surface area contributed by atoms with E-state index in [4.69, 9.17) is 10.4 Å². The standard InChI is InChI=1S/C17H16BN3O2/c1-10-6-13-3-2-11(7-15(13)18(22)23-10)12-4-5-14-16(19)9-20-21-17(14)8-12/h2-5,7-10,22H,6H2,1H3,(H2,19,21). The molecule has 1 aliphatic rings. The highest BCUT2D eigenvalue weighted by Crippen LogP contribution is 2.26. The molecule has 0 bridgehead atoms. The van der Waals surface area contributed by atoms with E-state index in [9.17, 15) is 5.02 Å². The van der Waals surface area contributed by atoms with Crippen LogP contribution in [0, 0.1) is 0 Å². The van der Waals surface area contributed by atoms with Crippen LogP contribution < -0.4 is 11.2 Å². The van der Waals surface area contributed by atoms with Gasteiger partial charge in [0.25, 0.3) is 0 Å². The largest absolute Gasteiger partial charge is 0.491 e. The minimum Gasteiger partial charge on any atom is -0.423 e. The second-order valence-corrected chi connectivity index (χ2v) is 5.95. The molecule has 2 aromatic carbocycles. The summed E-state index contributed by atoms with van der Waals surface area (Å²) in [6.45, 7) is 1.96. The Hall–Kier alpha value is -2.44. The topological polar surface area (TPSA) is 81.3 Å². The number of benzene rings is 2. The maximum atomic E-state index is 10.2. The number of hydrogen-bond donors (Lipinski definition) is 2. The van der Waals surface area contributed by atoms with Crippen molar-refractivity contribution in [3.05, 3.63) is 48.2 Å². The van der Waals surface area contributed by atoms with Gasteiger partial charge >= 0.3 is 7.12 Å². The van der Waals surface area contributed by atoms with Crippen LogP contribution >= 0.6 is 0 Å². The lowest BCUT2D eigenvalue weighted by Gasteiger charge is -2.25. The van der Waals surface area contributed by atoms with Crippen molar-refractivity contribution in [1.29, 1.82) is 0 Å². The summed E-state index contributed by atoms with van der Waals surface area (Å²) in [5.41, 5.74) is 11.3. The molecule has 0 saturated heterocycles. The summed E-state index contributed by atoms with van der Waals surface area (Å²) >= 11 is 0. The highest BCUT2D eigenvalue weighted by atomic mass is 16.5. The van der Waals surface area contributed by atoms with Gasteiger partial charge in [-0.25, -0.2) is 0 Å². The van der Waals surface area contributed by atoms with Crippen LogP contribution in [0.15, 0.2) is 42.6 Å². The predicted octanol–water partition coefficient (Wildman–Crippen LogP) is 1.53. The summed E-state index contributed by atoms with van der Waals surface area (Å²) in [6, 6.07) is 12.0. The summed E-state index contributed by atoms with van der Waals surface area (Å²) in [5.74, 6) is 0. The molecule has 0 saturated carbocycles. The number of rotatable bonds is 1. The molecule has 3 aromatic rings. The van der Waals surface area contributed by atoms with Crippen LogP contribution in [0.25, 0.3) is 22.0 Å². The third-order valence-corrected chi connectivity index (χ3v) is 4.28. The molecule has 23 heavy (non-hydrogen) atoms. The van der Waals surface area contributed by atoms with E-state index in [0.717, 1.165) is 39.5 Å². The Kier molecular flexibility index (Phi) is 3.29. The number of fused-ring (bicyclic) bond motifs is 2. The van der Waals surface area contributed by atoms with Crippen molar-refractivity contribution in [1.82, 2.24) is 10.2 Å². The number of nitrogens with zero attached hydrogens (tertiary/aromatic N) is 2. The average molecular weight is 305 g/mol. The molecule has 4 rings (SSSR count). The first-order valence-corrected chi connectivity index (χ1v) is 7.59. The van der Waals surface area contributed by atoms with E-state index in [1.165, 1.54) is 0 Å². The molecule has 3 N–H and O–H groups in total. The van der Waals surface area contributed by atoms with Gasteiger partial charge in [-0.2, -0.15) is 10.2 Å². The van der Waals surface area contributed by atoms with Crippen molar-refractivity contribution in [2.45, 2.75) is 19.4 Å². The first-order valence-electron chi connectivity index (χ1n) is 7.59. The molecular formula is C17H16BN3O2. The Labute approximate surface area is 134 Å². The molecule has 1 aliphatic heterocycles. The molecule has 0 fully saturated rings. The predicted molar refractivity (Wildman–Crippen MR) is 91.2 cm³/mol. The third-order valence-electron chi connectivity index (χ3n) is 4.28. The second-order valence-electron chi connectivity index (χ2n) is 5.95. The quantitative estimate of drug-likeness (QED) is 0.666. The van der Waals surface area contributed by atoms with Crippen LogP contribution in [0.2, 0.25) is 0 Å². The lowest BCUT2D eigenvalue weighted by Crippen LogP contribution is -2.44.